The Morgan fingerprint density at radius 1 is 1.04 bits per heavy atom. The molecule has 0 saturated carbocycles. The van der Waals surface area contributed by atoms with Crippen molar-refractivity contribution in [2.45, 2.75) is 20.3 Å². The lowest BCUT2D eigenvalue weighted by Crippen LogP contribution is -2.27. The van der Waals surface area contributed by atoms with Crippen LogP contribution in [0.2, 0.25) is 0 Å². The molecule has 0 spiro atoms. The first-order valence-electron chi connectivity index (χ1n) is 8.63. The average molecular weight is 354 g/mol. The van der Waals surface area contributed by atoms with E-state index in [4.69, 9.17) is 0 Å². The first-order valence-corrected chi connectivity index (χ1v) is 8.63. The molecule has 0 radical (unpaired) electrons. The molecule has 0 fully saturated rings. The third-order valence-electron chi connectivity index (χ3n) is 3.97. The molecule has 0 aliphatic rings. The van der Waals surface area contributed by atoms with E-state index in [0.717, 1.165) is 29.8 Å². The molecule has 1 aromatic carbocycles. The number of aryl methyl sites for hydroxylation is 2. The van der Waals surface area contributed by atoms with E-state index in [0.29, 0.717) is 17.7 Å². The van der Waals surface area contributed by atoms with Gasteiger partial charge in [0.05, 0.1) is 11.1 Å². The predicted molar refractivity (Wildman–Crippen MR) is 104 cm³/mol. The highest BCUT2D eigenvalue weighted by molar-refractivity contribution is 6.06. The predicted octanol–water partition coefficient (Wildman–Crippen LogP) is 2.63. The van der Waals surface area contributed by atoms with Crippen molar-refractivity contribution in [3.05, 3.63) is 58.9 Å². The maximum Gasteiger partial charge on any atom is 0.257 e. The van der Waals surface area contributed by atoms with Crippen molar-refractivity contribution in [1.29, 1.82) is 0 Å². The van der Waals surface area contributed by atoms with Crippen LogP contribution in [0.3, 0.4) is 0 Å². The maximum atomic E-state index is 12.5. The summed E-state index contributed by atoms with van der Waals surface area (Å²) >= 11 is 0. The van der Waals surface area contributed by atoms with Gasteiger partial charge in [-0.3, -0.25) is 14.6 Å². The summed E-state index contributed by atoms with van der Waals surface area (Å²) in [5, 5.41) is 5.73. The van der Waals surface area contributed by atoms with Crippen LogP contribution in [-0.2, 0) is 0 Å². The van der Waals surface area contributed by atoms with Crippen LogP contribution in [0.1, 0.15) is 38.3 Å². The van der Waals surface area contributed by atoms with Gasteiger partial charge in [0.15, 0.2) is 0 Å². The van der Waals surface area contributed by atoms with Crippen molar-refractivity contribution in [3.63, 3.8) is 0 Å². The van der Waals surface area contributed by atoms with Crippen LogP contribution in [0.15, 0.2) is 36.7 Å². The highest BCUT2D eigenvalue weighted by Gasteiger charge is 2.12. The van der Waals surface area contributed by atoms with Gasteiger partial charge in [0, 0.05) is 24.6 Å². The van der Waals surface area contributed by atoms with Crippen molar-refractivity contribution in [2.24, 2.45) is 0 Å². The lowest BCUT2D eigenvalue weighted by Gasteiger charge is -2.11. The zero-order valence-corrected chi connectivity index (χ0v) is 15.8. The Hall–Kier alpha value is -2.73. The summed E-state index contributed by atoms with van der Waals surface area (Å²) < 4.78 is 0. The Kier molecular flexibility index (Phi) is 6.86. The van der Waals surface area contributed by atoms with Gasteiger partial charge in [0.25, 0.3) is 11.8 Å². The number of benzene rings is 1. The number of carbonyl (C=O) groups excluding carboxylic acids is 2. The van der Waals surface area contributed by atoms with Crippen LogP contribution in [0.4, 0.5) is 5.69 Å². The van der Waals surface area contributed by atoms with E-state index in [1.807, 2.05) is 46.1 Å². The molecule has 2 rings (SSSR count). The number of rotatable bonds is 7. The second kappa shape index (κ2) is 9.10. The van der Waals surface area contributed by atoms with Gasteiger partial charge >= 0.3 is 0 Å². The SMILES string of the molecule is Cc1ccc(C)c(NC(=O)c2cncc(C(=O)NCCCN(C)C)c2)c1. The molecule has 0 aliphatic heterocycles. The molecule has 6 heteroatoms. The van der Waals surface area contributed by atoms with Gasteiger partial charge in [0.1, 0.15) is 0 Å². The van der Waals surface area contributed by atoms with Gasteiger partial charge < -0.3 is 15.5 Å². The zero-order valence-electron chi connectivity index (χ0n) is 15.8. The van der Waals surface area contributed by atoms with E-state index in [1.54, 1.807) is 6.07 Å². The molecule has 1 heterocycles. The molecule has 26 heavy (non-hydrogen) atoms. The summed E-state index contributed by atoms with van der Waals surface area (Å²) in [6, 6.07) is 7.44. The summed E-state index contributed by atoms with van der Waals surface area (Å²) in [6.07, 6.45) is 3.79. The summed E-state index contributed by atoms with van der Waals surface area (Å²) in [5.74, 6) is -0.508. The van der Waals surface area contributed by atoms with Crippen molar-refractivity contribution in [2.75, 3.05) is 32.5 Å². The van der Waals surface area contributed by atoms with E-state index in [-0.39, 0.29) is 11.8 Å². The number of hydrogen-bond acceptors (Lipinski definition) is 4. The number of amides is 2. The molecule has 0 aliphatic carbocycles. The minimum Gasteiger partial charge on any atom is -0.352 e. The molecule has 0 unspecified atom stereocenters. The molecular weight excluding hydrogens is 328 g/mol. The number of nitrogens with zero attached hydrogens (tertiary/aromatic N) is 2. The lowest BCUT2D eigenvalue weighted by molar-refractivity contribution is 0.0952. The van der Waals surface area contributed by atoms with Crippen molar-refractivity contribution in [1.82, 2.24) is 15.2 Å². The number of hydrogen-bond donors (Lipinski definition) is 2. The normalized spacial score (nSPS) is 10.7. The van der Waals surface area contributed by atoms with Crippen molar-refractivity contribution >= 4 is 17.5 Å². The van der Waals surface area contributed by atoms with Crippen LogP contribution < -0.4 is 10.6 Å². The largest absolute Gasteiger partial charge is 0.352 e. The summed E-state index contributed by atoms with van der Waals surface area (Å²) in [7, 11) is 3.98. The standard InChI is InChI=1S/C20H26N4O2/c1-14-6-7-15(2)18(10-14)23-20(26)17-11-16(12-21-13-17)19(25)22-8-5-9-24(3)4/h6-7,10-13H,5,8-9H2,1-4H3,(H,22,25)(H,23,26). The molecule has 0 bridgehead atoms. The Balaban J connectivity index is 2.02. The number of pyridine rings is 1. The monoisotopic (exact) mass is 354 g/mol. The third-order valence-corrected chi connectivity index (χ3v) is 3.97. The van der Waals surface area contributed by atoms with Gasteiger partial charge in [-0.25, -0.2) is 0 Å². The molecule has 2 aromatic rings. The Morgan fingerprint density at radius 3 is 2.42 bits per heavy atom. The molecular formula is C20H26N4O2. The third kappa shape index (κ3) is 5.67. The second-order valence-corrected chi connectivity index (χ2v) is 6.65. The van der Waals surface area contributed by atoms with E-state index < -0.39 is 0 Å². The second-order valence-electron chi connectivity index (χ2n) is 6.65. The van der Waals surface area contributed by atoms with Crippen LogP contribution >= 0.6 is 0 Å². The smallest absolute Gasteiger partial charge is 0.257 e. The van der Waals surface area contributed by atoms with E-state index in [1.165, 1.54) is 12.4 Å². The Bertz CT molecular complexity index is 787. The summed E-state index contributed by atoms with van der Waals surface area (Å²) in [4.78, 5) is 30.8. The van der Waals surface area contributed by atoms with Crippen molar-refractivity contribution < 1.29 is 9.59 Å². The number of anilines is 1. The Labute approximate surface area is 154 Å². The fraction of sp³-hybridized carbons (Fsp3) is 0.350. The minimum atomic E-state index is -0.284. The quantitative estimate of drug-likeness (QED) is 0.750. The van der Waals surface area contributed by atoms with Gasteiger partial charge in [-0.15, -0.1) is 0 Å². The molecule has 6 nitrogen and oxygen atoms in total. The number of aromatic nitrogens is 1. The fourth-order valence-electron chi connectivity index (χ4n) is 2.45. The fourth-order valence-corrected chi connectivity index (χ4v) is 2.45. The van der Waals surface area contributed by atoms with E-state index in [9.17, 15) is 9.59 Å². The Morgan fingerprint density at radius 2 is 1.73 bits per heavy atom. The highest BCUT2D eigenvalue weighted by Crippen LogP contribution is 2.17. The average Bonchev–Trinajstić information content (AvgIpc) is 2.61. The van der Waals surface area contributed by atoms with Gasteiger partial charge in [-0.05, 0) is 64.2 Å². The molecule has 2 N–H and O–H groups in total. The molecule has 1 aromatic heterocycles. The molecule has 2 amide bonds. The number of carbonyl (C=O) groups is 2. The van der Waals surface area contributed by atoms with Gasteiger partial charge in [-0.1, -0.05) is 12.1 Å². The highest BCUT2D eigenvalue weighted by atomic mass is 16.2. The molecule has 0 atom stereocenters. The van der Waals surface area contributed by atoms with Crippen LogP contribution in [0.25, 0.3) is 0 Å². The number of nitrogens with one attached hydrogen (secondary N) is 2. The van der Waals surface area contributed by atoms with Crippen LogP contribution in [0, 0.1) is 13.8 Å². The zero-order chi connectivity index (χ0) is 19.1. The first kappa shape index (κ1) is 19.6. The van der Waals surface area contributed by atoms with Crippen LogP contribution in [-0.4, -0.2) is 48.9 Å². The summed E-state index contributed by atoms with van der Waals surface area (Å²) in [5.41, 5.74) is 3.53. The topological polar surface area (TPSA) is 74.3 Å². The minimum absolute atomic E-state index is 0.224. The van der Waals surface area contributed by atoms with Crippen molar-refractivity contribution in [3.8, 4) is 0 Å². The maximum absolute atomic E-state index is 12.5. The van der Waals surface area contributed by atoms with Gasteiger partial charge in [-0.2, -0.15) is 0 Å². The lowest BCUT2D eigenvalue weighted by atomic mass is 10.1. The van der Waals surface area contributed by atoms with E-state index >= 15 is 0 Å². The van der Waals surface area contributed by atoms with E-state index in [2.05, 4.69) is 20.5 Å². The first-order chi connectivity index (χ1) is 12.4. The molecule has 138 valence electrons. The summed E-state index contributed by atoms with van der Waals surface area (Å²) in [6.45, 7) is 5.38. The van der Waals surface area contributed by atoms with Crippen LogP contribution in [0.5, 0.6) is 0 Å². The van der Waals surface area contributed by atoms with Gasteiger partial charge in [0.2, 0.25) is 0 Å². The molecule has 0 saturated heterocycles.